The number of thioether (sulfide) groups is 1. The van der Waals surface area contributed by atoms with Gasteiger partial charge in [-0.3, -0.25) is 9.59 Å². The molecule has 0 spiro atoms. The van der Waals surface area contributed by atoms with Crippen molar-refractivity contribution in [1.29, 1.82) is 0 Å². The first kappa shape index (κ1) is 14.4. The van der Waals surface area contributed by atoms with Crippen molar-refractivity contribution in [2.24, 2.45) is 5.92 Å². The summed E-state index contributed by atoms with van der Waals surface area (Å²) in [5.74, 6) is 2.53. The molecule has 1 fully saturated rings. The van der Waals surface area contributed by atoms with Crippen LogP contribution in [0.4, 0.5) is 0 Å². The molecule has 1 heterocycles. The molecule has 1 amide bonds. The molecule has 0 saturated carbocycles. The van der Waals surface area contributed by atoms with Gasteiger partial charge in [-0.1, -0.05) is 0 Å². The number of hydrogen-bond donors (Lipinski definition) is 0. The molecule has 0 aromatic heterocycles. The molecule has 0 radical (unpaired) electrons. The first-order valence-corrected chi connectivity index (χ1v) is 7.25. The van der Waals surface area contributed by atoms with Gasteiger partial charge in [-0.15, -0.1) is 0 Å². The number of esters is 1. The maximum atomic E-state index is 12.0. The van der Waals surface area contributed by atoms with Crippen LogP contribution in [-0.2, 0) is 14.3 Å². The number of likely N-dealkylation sites (N-methyl/N-ethyl adjacent to an activating group) is 1. The summed E-state index contributed by atoms with van der Waals surface area (Å²) in [6.45, 7) is 2.53. The Hall–Kier alpha value is -0.710. The fourth-order valence-electron chi connectivity index (χ4n) is 1.92. The van der Waals surface area contributed by atoms with Crippen LogP contribution in [0.25, 0.3) is 0 Å². The fourth-order valence-corrected chi connectivity index (χ4v) is 3.13. The highest BCUT2D eigenvalue weighted by Crippen LogP contribution is 2.25. The van der Waals surface area contributed by atoms with E-state index in [1.54, 1.807) is 4.90 Å². The van der Waals surface area contributed by atoms with Gasteiger partial charge >= 0.3 is 5.97 Å². The molecule has 0 aromatic carbocycles. The van der Waals surface area contributed by atoms with E-state index in [4.69, 9.17) is 0 Å². The number of nitrogens with zero attached hydrogens (tertiary/aromatic N) is 1. The SMILES string of the molecule is CCN(CC(=O)OC)C(=O)CC1CCSCC1. The number of rotatable bonds is 5. The van der Waals surface area contributed by atoms with Gasteiger partial charge in [0.05, 0.1) is 7.11 Å². The average molecular weight is 259 g/mol. The maximum absolute atomic E-state index is 12.0. The number of hydrogen-bond acceptors (Lipinski definition) is 4. The summed E-state index contributed by atoms with van der Waals surface area (Å²) in [6.07, 6.45) is 2.81. The van der Waals surface area contributed by atoms with Crippen LogP contribution < -0.4 is 0 Å². The molecule has 0 N–H and O–H groups in total. The van der Waals surface area contributed by atoms with Crippen molar-refractivity contribution in [1.82, 2.24) is 4.90 Å². The Labute approximate surface area is 107 Å². The van der Waals surface area contributed by atoms with Crippen molar-refractivity contribution >= 4 is 23.6 Å². The Balaban J connectivity index is 2.39. The Morgan fingerprint density at radius 2 is 2.00 bits per heavy atom. The lowest BCUT2D eigenvalue weighted by Crippen LogP contribution is -2.37. The zero-order valence-corrected chi connectivity index (χ0v) is 11.4. The van der Waals surface area contributed by atoms with Crippen LogP contribution in [-0.4, -0.2) is 48.5 Å². The molecule has 1 saturated heterocycles. The number of carbonyl (C=O) groups is 2. The topological polar surface area (TPSA) is 46.6 Å². The monoisotopic (exact) mass is 259 g/mol. The second-order valence-electron chi connectivity index (χ2n) is 4.24. The van der Waals surface area contributed by atoms with Gasteiger partial charge in [-0.25, -0.2) is 0 Å². The van der Waals surface area contributed by atoms with E-state index in [-0.39, 0.29) is 18.4 Å². The number of methoxy groups -OCH3 is 1. The van der Waals surface area contributed by atoms with Crippen LogP contribution in [0.1, 0.15) is 26.2 Å². The van der Waals surface area contributed by atoms with Gasteiger partial charge in [0.2, 0.25) is 5.91 Å². The molecule has 0 atom stereocenters. The maximum Gasteiger partial charge on any atom is 0.325 e. The first-order valence-electron chi connectivity index (χ1n) is 6.09. The predicted octanol–water partition coefficient (Wildman–Crippen LogP) is 1.54. The minimum Gasteiger partial charge on any atom is -0.468 e. The Morgan fingerprint density at radius 3 is 2.53 bits per heavy atom. The van der Waals surface area contributed by atoms with Crippen LogP contribution in [0, 0.1) is 5.92 Å². The highest BCUT2D eigenvalue weighted by atomic mass is 32.2. The van der Waals surface area contributed by atoms with E-state index in [0.29, 0.717) is 18.9 Å². The van der Waals surface area contributed by atoms with Gasteiger partial charge in [0.15, 0.2) is 0 Å². The molecule has 0 aliphatic carbocycles. The van der Waals surface area contributed by atoms with Crippen molar-refractivity contribution in [3.8, 4) is 0 Å². The molecule has 98 valence electrons. The molecule has 4 nitrogen and oxygen atoms in total. The standard InChI is InChI=1S/C12H21NO3S/c1-3-13(9-12(15)16-2)11(14)8-10-4-6-17-7-5-10/h10H,3-9H2,1-2H3. The molecule has 1 aliphatic heterocycles. The summed E-state index contributed by atoms with van der Waals surface area (Å²) in [4.78, 5) is 24.7. The lowest BCUT2D eigenvalue weighted by atomic mass is 9.98. The summed E-state index contributed by atoms with van der Waals surface area (Å²) < 4.78 is 4.59. The van der Waals surface area contributed by atoms with Crippen LogP contribution >= 0.6 is 11.8 Å². The number of carbonyl (C=O) groups excluding carboxylic acids is 2. The predicted molar refractivity (Wildman–Crippen MR) is 68.9 cm³/mol. The smallest absolute Gasteiger partial charge is 0.325 e. The van der Waals surface area contributed by atoms with Crippen molar-refractivity contribution in [2.45, 2.75) is 26.2 Å². The minimum atomic E-state index is -0.348. The van der Waals surface area contributed by atoms with E-state index in [0.717, 1.165) is 24.3 Å². The zero-order chi connectivity index (χ0) is 12.7. The summed E-state index contributed by atoms with van der Waals surface area (Å²) in [5.41, 5.74) is 0. The normalized spacial score (nSPS) is 16.6. The summed E-state index contributed by atoms with van der Waals surface area (Å²) in [6, 6.07) is 0. The Bertz CT molecular complexity index is 264. The fraction of sp³-hybridized carbons (Fsp3) is 0.833. The van der Waals surface area contributed by atoms with E-state index >= 15 is 0 Å². The Morgan fingerprint density at radius 1 is 1.35 bits per heavy atom. The molecule has 17 heavy (non-hydrogen) atoms. The van der Waals surface area contributed by atoms with E-state index in [2.05, 4.69) is 4.74 Å². The number of ether oxygens (including phenoxy) is 1. The molecule has 1 aliphatic rings. The molecule has 0 unspecified atom stereocenters. The molecule has 0 aromatic rings. The van der Waals surface area contributed by atoms with Crippen LogP contribution in [0.3, 0.4) is 0 Å². The van der Waals surface area contributed by atoms with E-state index in [1.807, 2.05) is 18.7 Å². The van der Waals surface area contributed by atoms with E-state index < -0.39 is 0 Å². The van der Waals surface area contributed by atoms with E-state index in [9.17, 15) is 9.59 Å². The van der Waals surface area contributed by atoms with Gasteiger partial charge in [-0.05, 0) is 37.2 Å². The second-order valence-corrected chi connectivity index (χ2v) is 5.47. The Kier molecular flexibility index (Phi) is 6.40. The quantitative estimate of drug-likeness (QED) is 0.703. The highest BCUT2D eigenvalue weighted by Gasteiger charge is 2.21. The van der Waals surface area contributed by atoms with Crippen LogP contribution in [0.5, 0.6) is 0 Å². The van der Waals surface area contributed by atoms with Gasteiger partial charge in [0.25, 0.3) is 0 Å². The third kappa shape index (κ3) is 4.98. The van der Waals surface area contributed by atoms with E-state index in [1.165, 1.54) is 7.11 Å². The molecular formula is C12H21NO3S. The minimum absolute atomic E-state index is 0.0767. The second kappa shape index (κ2) is 7.58. The van der Waals surface area contributed by atoms with Crippen LogP contribution in [0.15, 0.2) is 0 Å². The van der Waals surface area contributed by atoms with Crippen molar-refractivity contribution in [2.75, 3.05) is 31.7 Å². The van der Waals surface area contributed by atoms with Crippen molar-refractivity contribution < 1.29 is 14.3 Å². The van der Waals surface area contributed by atoms with Crippen LogP contribution in [0.2, 0.25) is 0 Å². The molecule has 1 rings (SSSR count). The largest absolute Gasteiger partial charge is 0.468 e. The third-order valence-corrected chi connectivity index (χ3v) is 4.13. The van der Waals surface area contributed by atoms with Gasteiger partial charge in [-0.2, -0.15) is 11.8 Å². The lowest BCUT2D eigenvalue weighted by Gasteiger charge is -2.25. The van der Waals surface area contributed by atoms with Gasteiger partial charge in [0, 0.05) is 13.0 Å². The van der Waals surface area contributed by atoms with Gasteiger partial charge < -0.3 is 9.64 Å². The molecular weight excluding hydrogens is 238 g/mol. The average Bonchev–Trinajstić information content (AvgIpc) is 2.36. The lowest BCUT2D eigenvalue weighted by molar-refractivity contribution is -0.147. The zero-order valence-electron chi connectivity index (χ0n) is 10.6. The first-order chi connectivity index (χ1) is 8.17. The van der Waals surface area contributed by atoms with Gasteiger partial charge in [0.1, 0.15) is 6.54 Å². The molecule has 5 heteroatoms. The van der Waals surface area contributed by atoms with Crippen molar-refractivity contribution in [3.05, 3.63) is 0 Å². The summed E-state index contributed by atoms with van der Waals surface area (Å²) in [5, 5.41) is 0. The highest BCUT2D eigenvalue weighted by molar-refractivity contribution is 7.99. The molecule has 0 bridgehead atoms. The summed E-state index contributed by atoms with van der Waals surface area (Å²) in [7, 11) is 1.35. The third-order valence-electron chi connectivity index (χ3n) is 3.09. The summed E-state index contributed by atoms with van der Waals surface area (Å²) >= 11 is 1.96. The van der Waals surface area contributed by atoms with Crippen molar-refractivity contribution in [3.63, 3.8) is 0 Å². The number of amides is 1.